The molecule has 1 heterocycles. The summed E-state index contributed by atoms with van der Waals surface area (Å²) < 4.78 is 5.61. The molecule has 320 valence electrons. The third-order valence-corrected chi connectivity index (χ3v) is 16.1. The first-order valence-electron chi connectivity index (χ1n) is 24.6. The lowest BCUT2D eigenvalue weighted by atomic mass is 9.69. The third kappa shape index (κ3) is 7.14. The Labute approximate surface area is 385 Å². The largest absolute Gasteiger partial charge is 0.244 e. The molecule has 0 bridgehead atoms. The average Bonchev–Trinajstić information content (AvgIpc) is 3.66. The van der Waals surface area contributed by atoms with Crippen molar-refractivity contribution in [1.29, 1.82) is 0 Å². The summed E-state index contributed by atoms with van der Waals surface area (Å²) in [6.07, 6.45) is 17.0. The SMILES string of the molecule is c1ccc(-c2cc3ccccc3c3c2Cc2c([n+](CC4(c5ccccc5)CCCCC4)cn2CC2(c4ccccc4)CCCCC2)Cc2c(-c4ccccc4)cc4ccccc4c2-3)cc1. The van der Waals surface area contributed by atoms with Gasteiger partial charge in [-0.2, -0.15) is 0 Å². The molecule has 0 radical (unpaired) electrons. The minimum atomic E-state index is 0.0756. The maximum atomic E-state index is 2.80. The Kier molecular flexibility index (Phi) is 10.3. The first-order chi connectivity index (χ1) is 32.2. The molecule has 12 rings (SSSR count). The molecule has 0 unspecified atom stereocenters. The summed E-state index contributed by atoms with van der Waals surface area (Å²) in [6, 6.07) is 69.2. The Morgan fingerprint density at radius 3 is 1.38 bits per heavy atom. The zero-order chi connectivity index (χ0) is 43.2. The number of benzene rings is 8. The number of nitrogens with zero attached hydrogens (tertiary/aromatic N) is 2. The van der Waals surface area contributed by atoms with Gasteiger partial charge in [0.15, 0.2) is 11.4 Å². The lowest BCUT2D eigenvalue weighted by Crippen LogP contribution is -2.48. The molecule has 0 spiro atoms. The standard InChI is InChI=1S/C63H59N2/c1-7-23-46(24-8-1)54-39-48-27-15-17-33-52(48)60-56(54)41-58-59(42-57-55(47-25-9-2-10-26-47)40-49-28-16-18-34-53(49)61(57)60)65(44-63(37-21-6-22-38-63)51-31-13-4-14-32-51)45-64(58)43-62(35-19-5-20-36-62)50-29-11-3-12-30-50/h1-4,7-18,23-34,39-40,45H,5-6,19-22,35-38,41-44H2/q+1. The Bertz CT molecular complexity index is 2920. The summed E-state index contributed by atoms with van der Waals surface area (Å²) in [5.74, 6) is 0. The van der Waals surface area contributed by atoms with Gasteiger partial charge in [-0.1, -0.05) is 208 Å². The van der Waals surface area contributed by atoms with Crippen LogP contribution in [0.2, 0.25) is 0 Å². The first kappa shape index (κ1) is 40.0. The number of rotatable bonds is 8. The predicted molar refractivity (Wildman–Crippen MR) is 270 cm³/mol. The van der Waals surface area contributed by atoms with Gasteiger partial charge in [0.25, 0.3) is 0 Å². The van der Waals surface area contributed by atoms with Gasteiger partial charge in [-0.25, -0.2) is 9.13 Å². The van der Waals surface area contributed by atoms with Crippen LogP contribution in [0.15, 0.2) is 188 Å². The molecule has 0 N–H and O–H groups in total. The van der Waals surface area contributed by atoms with E-state index >= 15 is 0 Å². The Hall–Kier alpha value is -6.51. The van der Waals surface area contributed by atoms with Crippen LogP contribution in [0, 0.1) is 0 Å². The molecule has 0 amide bonds. The van der Waals surface area contributed by atoms with E-state index in [0.29, 0.717) is 0 Å². The average molecular weight is 844 g/mol. The Morgan fingerprint density at radius 2 is 0.862 bits per heavy atom. The van der Waals surface area contributed by atoms with E-state index in [1.54, 1.807) is 0 Å². The fourth-order valence-electron chi connectivity index (χ4n) is 12.9. The minimum Gasteiger partial charge on any atom is -0.233 e. The van der Waals surface area contributed by atoms with Crippen molar-refractivity contribution in [2.45, 2.75) is 101 Å². The summed E-state index contributed by atoms with van der Waals surface area (Å²) in [5.41, 5.74) is 17.1. The van der Waals surface area contributed by atoms with Crippen molar-refractivity contribution >= 4 is 21.5 Å². The van der Waals surface area contributed by atoms with Crippen LogP contribution in [0.3, 0.4) is 0 Å². The molecule has 9 aromatic rings. The highest BCUT2D eigenvalue weighted by Crippen LogP contribution is 2.50. The molecule has 2 heteroatoms. The highest BCUT2D eigenvalue weighted by Gasteiger charge is 2.42. The fourth-order valence-corrected chi connectivity index (χ4v) is 12.9. The van der Waals surface area contributed by atoms with Gasteiger partial charge in [0, 0.05) is 23.7 Å². The van der Waals surface area contributed by atoms with Crippen LogP contribution < -0.4 is 4.57 Å². The molecule has 3 aliphatic rings. The van der Waals surface area contributed by atoms with Crippen LogP contribution in [0.4, 0.5) is 0 Å². The molecule has 3 aliphatic carbocycles. The normalized spacial score (nSPS) is 16.6. The second-order valence-electron chi connectivity index (χ2n) is 19.8. The van der Waals surface area contributed by atoms with Crippen LogP contribution in [0.5, 0.6) is 0 Å². The van der Waals surface area contributed by atoms with Gasteiger partial charge < -0.3 is 0 Å². The van der Waals surface area contributed by atoms with Gasteiger partial charge in [-0.3, -0.25) is 0 Å². The van der Waals surface area contributed by atoms with Crippen LogP contribution in [0.1, 0.15) is 97.8 Å². The predicted octanol–water partition coefficient (Wildman–Crippen LogP) is 15.4. The Balaban J connectivity index is 1.20. The molecule has 2 nitrogen and oxygen atoms in total. The lowest BCUT2D eigenvalue weighted by molar-refractivity contribution is -0.712. The van der Waals surface area contributed by atoms with E-state index in [-0.39, 0.29) is 10.8 Å². The van der Waals surface area contributed by atoms with E-state index in [0.717, 1.165) is 25.9 Å². The quantitative estimate of drug-likeness (QED) is 0.135. The minimum absolute atomic E-state index is 0.0756. The molecule has 0 atom stereocenters. The van der Waals surface area contributed by atoms with Gasteiger partial charge in [0.05, 0.1) is 13.1 Å². The fraction of sp³-hybridized carbons (Fsp3) is 0.254. The third-order valence-electron chi connectivity index (χ3n) is 16.1. The summed E-state index contributed by atoms with van der Waals surface area (Å²) in [6.45, 7) is 1.98. The smallest absolute Gasteiger partial charge is 0.233 e. The van der Waals surface area contributed by atoms with Crippen molar-refractivity contribution in [3.8, 4) is 33.4 Å². The maximum absolute atomic E-state index is 2.80. The molecule has 2 saturated carbocycles. The van der Waals surface area contributed by atoms with Crippen LogP contribution >= 0.6 is 0 Å². The number of imidazole rings is 1. The molecule has 2 fully saturated rings. The summed E-state index contributed by atoms with van der Waals surface area (Å²) in [5, 5.41) is 5.27. The molecular formula is C63H59N2+. The van der Waals surface area contributed by atoms with Crippen molar-refractivity contribution in [2.75, 3.05) is 0 Å². The summed E-state index contributed by atoms with van der Waals surface area (Å²) >= 11 is 0. The molecule has 0 aliphatic heterocycles. The van der Waals surface area contributed by atoms with Crippen LogP contribution in [0.25, 0.3) is 54.9 Å². The highest BCUT2D eigenvalue weighted by atomic mass is 15.2. The number of fused-ring (bicyclic) bond motifs is 8. The topological polar surface area (TPSA) is 8.81 Å². The number of aromatic nitrogens is 2. The molecular weight excluding hydrogens is 785 g/mol. The van der Waals surface area contributed by atoms with Gasteiger partial charge in [0.2, 0.25) is 6.33 Å². The van der Waals surface area contributed by atoms with Gasteiger partial charge in [-0.15, -0.1) is 0 Å². The second-order valence-corrected chi connectivity index (χ2v) is 19.8. The van der Waals surface area contributed by atoms with Gasteiger partial charge in [0.1, 0.15) is 0 Å². The van der Waals surface area contributed by atoms with E-state index in [4.69, 9.17) is 0 Å². The molecule has 65 heavy (non-hydrogen) atoms. The number of hydrogen-bond acceptors (Lipinski definition) is 0. The zero-order valence-corrected chi connectivity index (χ0v) is 37.7. The van der Waals surface area contributed by atoms with Crippen molar-refractivity contribution in [3.05, 3.63) is 222 Å². The maximum Gasteiger partial charge on any atom is 0.244 e. The summed E-state index contributed by atoms with van der Waals surface area (Å²) in [4.78, 5) is 0. The van der Waals surface area contributed by atoms with Crippen LogP contribution in [-0.2, 0) is 36.8 Å². The first-order valence-corrected chi connectivity index (χ1v) is 24.6. The monoisotopic (exact) mass is 843 g/mol. The van der Waals surface area contributed by atoms with E-state index < -0.39 is 0 Å². The zero-order valence-electron chi connectivity index (χ0n) is 37.7. The molecule has 1 aromatic heterocycles. The number of hydrogen-bond donors (Lipinski definition) is 0. The van der Waals surface area contributed by atoms with E-state index in [2.05, 4.69) is 197 Å². The van der Waals surface area contributed by atoms with Gasteiger partial charge in [-0.05, 0) is 115 Å². The van der Waals surface area contributed by atoms with Crippen LogP contribution in [-0.4, -0.2) is 4.57 Å². The van der Waals surface area contributed by atoms with E-state index in [1.807, 2.05) is 0 Å². The summed E-state index contributed by atoms with van der Waals surface area (Å²) in [7, 11) is 0. The van der Waals surface area contributed by atoms with E-state index in [1.165, 1.54) is 153 Å². The van der Waals surface area contributed by atoms with Crippen molar-refractivity contribution < 1.29 is 4.57 Å². The Morgan fingerprint density at radius 1 is 0.431 bits per heavy atom. The van der Waals surface area contributed by atoms with Gasteiger partial charge >= 0.3 is 0 Å². The molecule has 0 saturated heterocycles. The van der Waals surface area contributed by atoms with Crippen molar-refractivity contribution in [1.82, 2.24) is 4.57 Å². The second kappa shape index (κ2) is 16.8. The lowest BCUT2D eigenvalue weighted by Gasteiger charge is -2.37. The van der Waals surface area contributed by atoms with Crippen molar-refractivity contribution in [2.24, 2.45) is 0 Å². The molecule has 8 aromatic carbocycles. The highest BCUT2D eigenvalue weighted by molar-refractivity contribution is 6.12. The van der Waals surface area contributed by atoms with E-state index in [9.17, 15) is 0 Å². The van der Waals surface area contributed by atoms with Crippen molar-refractivity contribution in [3.63, 3.8) is 0 Å².